The van der Waals surface area contributed by atoms with E-state index in [0.717, 1.165) is 18.2 Å². The molecule has 17 heteroatoms. The van der Waals surface area contributed by atoms with E-state index in [1.165, 1.54) is 0 Å². The minimum atomic E-state index is -4.85. The van der Waals surface area contributed by atoms with Crippen molar-refractivity contribution in [1.29, 1.82) is 0 Å². The van der Waals surface area contributed by atoms with E-state index in [0.29, 0.717) is 0 Å². The molecule has 0 saturated carbocycles. The molecule has 0 aliphatic heterocycles. The van der Waals surface area contributed by atoms with Crippen LogP contribution in [0.25, 0.3) is 0 Å². The Hall–Kier alpha value is -2.27. The molecule has 1 N–H and O–H groups in total. The van der Waals surface area contributed by atoms with Gasteiger partial charge in [0.15, 0.2) is 5.75 Å². The van der Waals surface area contributed by atoms with E-state index in [9.17, 15) is 42.8 Å². The molecule has 0 aliphatic rings. The third-order valence-corrected chi connectivity index (χ3v) is 4.47. The van der Waals surface area contributed by atoms with Gasteiger partial charge in [-0.1, -0.05) is 0 Å². The Bertz CT molecular complexity index is 949. The normalized spacial score (nSPS) is 10.5. The summed E-state index contributed by atoms with van der Waals surface area (Å²) in [6, 6.07) is 2.93. The summed E-state index contributed by atoms with van der Waals surface area (Å²) in [6.07, 6.45) is 0.409. The maximum Gasteiger partial charge on any atom is 2.00 e. The van der Waals surface area contributed by atoms with Gasteiger partial charge < -0.3 is 22.0 Å². The molecule has 182 valence electrons. The predicted molar refractivity (Wildman–Crippen MR) is 109 cm³/mol. The van der Waals surface area contributed by atoms with Gasteiger partial charge in [-0.2, -0.15) is 8.42 Å². The first-order chi connectivity index (χ1) is 15.0. The van der Waals surface area contributed by atoms with Crippen LogP contribution in [0.3, 0.4) is 0 Å². The SMILES string of the molecule is O=C(CCCCO[N+](=O)[O-])Oc1ccc(OC(=O)CCCCO[N+](=O)[O-])c(S(=O)(=O)O)c1.[Ca+2].[H-].[H-]. The van der Waals surface area contributed by atoms with Crippen LogP contribution in [0.1, 0.15) is 41.4 Å². The molecule has 1 rings (SSSR count). The molecule has 15 nitrogen and oxygen atoms in total. The molecule has 0 heterocycles. The van der Waals surface area contributed by atoms with Crippen molar-refractivity contribution in [3.8, 4) is 11.5 Å². The number of hydrogen-bond donors (Lipinski definition) is 1. The van der Waals surface area contributed by atoms with E-state index in [4.69, 9.17) is 9.47 Å². The van der Waals surface area contributed by atoms with Gasteiger partial charge in [0, 0.05) is 18.9 Å². The van der Waals surface area contributed by atoms with Crippen molar-refractivity contribution in [2.75, 3.05) is 13.2 Å². The molecule has 0 saturated heterocycles. The fourth-order valence-corrected chi connectivity index (χ4v) is 2.84. The zero-order chi connectivity index (χ0) is 24.1. The summed E-state index contributed by atoms with van der Waals surface area (Å²) in [4.78, 5) is 51.0. The van der Waals surface area contributed by atoms with Crippen LogP contribution in [0.15, 0.2) is 23.1 Å². The van der Waals surface area contributed by atoms with Gasteiger partial charge in [-0.05, 0) is 37.8 Å². The molecular formula is C16H22CaN2O13S. The van der Waals surface area contributed by atoms with E-state index in [-0.39, 0.29) is 98.1 Å². The first-order valence-electron chi connectivity index (χ1n) is 9.06. The van der Waals surface area contributed by atoms with Gasteiger partial charge in [0.25, 0.3) is 20.3 Å². The molecule has 0 bridgehead atoms. The first-order valence-corrected chi connectivity index (χ1v) is 10.5. The monoisotopic (exact) mass is 522 g/mol. The number of carbonyl (C=O) groups excluding carboxylic acids is 2. The maximum absolute atomic E-state index is 11.9. The molecule has 0 radical (unpaired) electrons. The molecule has 0 fully saturated rings. The molecule has 0 aromatic heterocycles. The molecule has 33 heavy (non-hydrogen) atoms. The maximum atomic E-state index is 11.9. The van der Waals surface area contributed by atoms with Crippen molar-refractivity contribution in [2.24, 2.45) is 0 Å². The van der Waals surface area contributed by atoms with Crippen LogP contribution in [0.4, 0.5) is 0 Å². The van der Waals surface area contributed by atoms with Gasteiger partial charge in [0.05, 0.1) is 13.2 Å². The Morgan fingerprint density at radius 3 is 1.85 bits per heavy atom. The van der Waals surface area contributed by atoms with Crippen LogP contribution in [0, 0.1) is 20.2 Å². The van der Waals surface area contributed by atoms with Gasteiger partial charge >= 0.3 is 49.7 Å². The topological polar surface area (TPSA) is 212 Å². The first kappa shape index (κ1) is 30.7. The second kappa shape index (κ2) is 15.5. The number of ether oxygens (including phenoxy) is 2. The minimum Gasteiger partial charge on any atom is -1.00 e. The van der Waals surface area contributed by atoms with E-state index in [2.05, 4.69) is 9.68 Å². The Balaban J connectivity index is -0.00000341. The summed E-state index contributed by atoms with van der Waals surface area (Å²) in [6.45, 7) is -0.421. The van der Waals surface area contributed by atoms with E-state index in [1.807, 2.05) is 0 Å². The smallest absolute Gasteiger partial charge is 1.00 e. The third-order valence-electron chi connectivity index (χ3n) is 3.59. The van der Waals surface area contributed by atoms with Crippen LogP contribution in [-0.2, 0) is 29.4 Å². The van der Waals surface area contributed by atoms with Crippen LogP contribution in [0.2, 0.25) is 0 Å². The number of hydrogen-bond acceptors (Lipinski definition) is 12. The largest absolute Gasteiger partial charge is 2.00 e. The second-order valence-electron chi connectivity index (χ2n) is 6.06. The summed E-state index contributed by atoms with van der Waals surface area (Å²) in [7, 11) is -4.85. The Labute approximate surface area is 220 Å². The predicted octanol–water partition coefficient (Wildman–Crippen LogP) is 1.35. The van der Waals surface area contributed by atoms with Crippen LogP contribution in [-0.4, -0.2) is 86.0 Å². The molecule has 0 spiro atoms. The Morgan fingerprint density at radius 2 is 1.39 bits per heavy atom. The molecule has 0 amide bonds. The van der Waals surface area contributed by atoms with E-state index in [1.54, 1.807) is 0 Å². The molecule has 1 aromatic rings. The van der Waals surface area contributed by atoms with Crippen molar-refractivity contribution < 1.29 is 54.7 Å². The number of esters is 2. The number of carbonyl (C=O) groups is 2. The summed E-state index contributed by atoms with van der Waals surface area (Å²) in [5.41, 5.74) is 0. The third kappa shape index (κ3) is 13.8. The molecule has 0 atom stereocenters. The van der Waals surface area contributed by atoms with Crippen molar-refractivity contribution in [3.05, 3.63) is 38.4 Å². The Morgan fingerprint density at radius 1 is 0.909 bits per heavy atom. The van der Waals surface area contributed by atoms with Gasteiger partial charge in [-0.25, -0.2) is 0 Å². The molecule has 0 unspecified atom stereocenters. The number of benzene rings is 1. The average Bonchev–Trinajstić information content (AvgIpc) is 2.67. The molecule has 0 aliphatic carbocycles. The minimum absolute atomic E-state index is 0. The average molecular weight is 522 g/mol. The zero-order valence-corrected chi connectivity index (χ0v) is 20.3. The molecule has 1 aromatic carbocycles. The van der Waals surface area contributed by atoms with Crippen LogP contribution >= 0.6 is 0 Å². The number of unbranched alkanes of at least 4 members (excludes halogenated alkanes) is 2. The summed E-state index contributed by atoms with van der Waals surface area (Å²) < 4.78 is 42.5. The quantitative estimate of drug-likeness (QED) is 0.0656. The van der Waals surface area contributed by atoms with Gasteiger partial charge in [-0.3, -0.25) is 14.1 Å². The van der Waals surface area contributed by atoms with Crippen molar-refractivity contribution in [2.45, 2.75) is 43.4 Å². The standard InChI is InChI=1S/C16H20N2O13S.Ca.2H/c19-15(5-1-3-9-28-17(21)22)30-12-7-8-13(14(11-12)32(25,26)27)31-16(20)6-2-4-10-29-18(23)24;;;/h7-8,11H,1-6,9-10H2,(H,25,26,27);;;/q;+2;2*-1. The number of nitrogens with zero attached hydrogens (tertiary/aromatic N) is 2. The van der Waals surface area contributed by atoms with Crippen LogP contribution < -0.4 is 9.47 Å². The van der Waals surface area contributed by atoms with Gasteiger partial charge in [0.2, 0.25) is 0 Å². The Kier molecular flexibility index (Phi) is 14.5. The second-order valence-corrected chi connectivity index (χ2v) is 7.45. The van der Waals surface area contributed by atoms with E-state index < -0.39 is 42.9 Å². The fourth-order valence-electron chi connectivity index (χ4n) is 2.21. The van der Waals surface area contributed by atoms with Crippen molar-refractivity contribution in [3.63, 3.8) is 0 Å². The van der Waals surface area contributed by atoms with E-state index >= 15 is 0 Å². The van der Waals surface area contributed by atoms with Crippen LogP contribution in [0.5, 0.6) is 11.5 Å². The van der Waals surface area contributed by atoms with Gasteiger partial charge in [-0.15, -0.1) is 20.2 Å². The molecular weight excluding hydrogens is 500 g/mol. The summed E-state index contributed by atoms with van der Waals surface area (Å²) >= 11 is 0. The zero-order valence-electron chi connectivity index (χ0n) is 19.2. The van der Waals surface area contributed by atoms with Crippen molar-refractivity contribution >= 4 is 59.8 Å². The summed E-state index contributed by atoms with van der Waals surface area (Å²) in [5, 5.41) is 18.1. The van der Waals surface area contributed by atoms with Crippen molar-refractivity contribution in [1.82, 2.24) is 0 Å². The van der Waals surface area contributed by atoms with Gasteiger partial charge in [0.1, 0.15) is 10.6 Å². The fraction of sp³-hybridized carbons (Fsp3) is 0.500. The number of rotatable bonds is 15. The summed E-state index contributed by atoms with van der Waals surface area (Å²) in [5.74, 6) is -2.39.